The molecule has 0 spiro atoms. The average Bonchev–Trinajstić information content (AvgIpc) is 3.27. The summed E-state index contributed by atoms with van der Waals surface area (Å²) < 4.78 is 26.9. The summed E-state index contributed by atoms with van der Waals surface area (Å²) in [5, 5.41) is 2.98. The fourth-order valence-corrected chi connectivity index (χ4v) is 2.12. The van der Waals surface area contributed by atoms with Crippen molar-refractivity contribution in [2.75, 3.05) is 11.9 Å². The van der Waals surface area contributed by atoms with Crippen LogP contribution in [0.4, 0.5) is 14.6 Å². The van der Waals surface area contributed by atoms with E-state index in [1.165, 1.54) is 18.5 Å². The number of nitrogens with one attached hydrogen (secondary N) is 1. The zero-order valence-electron chi connectivity index (χ0n) is 10.9. The Bertz CT molecular complexity index is 595. The molecule has 0 unspecified atom stereocenters. The first kappa shape index (κ1) is 13.0. The van der Waals surface area contributed by atoms with Crippen molar-refractivity contribution in [2.45, 2.75) is 25.2 Å². The second-order valence-corrected chi connectivity index (χ2v) is 5.00. The molecule has 1 aromatic heterocycles. The molecule has 1 heterocycles. The molecule has 1 aliphatic rings. The summed E-state index contributed by atoms with van der Waals surface area (Å²) in [4.78, 5) is 7.95. The lowest BCUT2D eigenvalue weighted by molar-refractivity contribution is 0.595. The number of hydrogen-bond donors (Lipinski definition) is 1. The van der Waals surface area contributed by atoms with Gasteiger partial charge in [0.25, 0.3) is 0 Å². The Morgan fingerprint density at radius 1 is 1.10 bits per heavy atom. The van der Waals surface area contributed by atoms with Crippen molar-refractivity contribution in [1.29, 1.82) is 0 Å². The Balaban J connectivity index is 1.61. The van der Waals surface area contributed by atoms with Crippen molar-refractivity contribution in [1.82, 2.24) is 9.97 Å². The maximum absolute atomic E-state index is 14.1. The molecule has 1 N–H and O–H groups in total. The smallest absolute Gasteiger partial charge is 0.187 e. The summed E-state index contributed by atoms with van der Waals surface area (Å²) in [5.41, 5.74) is 1.51. The Hall–Kier alpha value is -2.04. The highest BCUT2D eigenvalue weighted by Crippen LogP contribution is 2.40. The minimum Gasteiger partial charge on any atom is -0.367 e. The number of nitrogens with zero attached hydrogens (tertiary/aromatic N) is 2. The largest absolute Gasteiger partial charge is 0.367 e. The maximum Gasteiger partial charge on any atom is 0.187 e. The number of aromatic nitrogens is 2. The summed E-state index contributed by atoms with van der Waals surface area (Å²) in [6.07, 6.45) is 4.09. The molecule has 5 heteroatoms. The van der Waals surface area contributed by atoms with E-state index in [2.05, 4.69) is 15.3 Å². The van der Waals surface area contributed by atoms with E-state index in [0.717, 1.165) is 18.4 Å². The first-order valence-electron chi connectivity index (χ1n) is 6.73. The van der Waals surface area contributed by atoms with Gasteiger partial charge in [-0.3, -0.25) is 0 Å². The number of benzene rings is 1. The second-order valence-electron chi connectivity index (χ2n) is 5.00. The molecule has 0 radical (unpaired) electrons. The summed E-state index contributed by atoms with van der Waals surface area (Å²) in [5.74, 6) is -0.0774. The van der Waals surface area contributed by atoms with Crippen LogP contribution in [0, 0.1) is 11.6 Å². The molecule has 0 atom stereocenters. The molecule has 1 aromatic carbocycles. The van der Waals surface area contributed by atoms with Gasteiger partial charge in [0.1, 0.15) is 12.1 Å². The molecule has 1 fully saturated rings. The molecular weight excluding hydrogens is 260 g/mol. The number of rotatable bonds is 5. The lowest BCUT2D eigenvalue weighted by Crippen LogP contribution is -2.10. The van der Waals surface area contributed by atoms with Gasteiger partial charge in [-0.25, -0.2) is 18.7 Å². The van der Waals surface area contributed by atoms with Crippen LogP contribution in [-0.4, -0.2) is 16.5 Å². The van der Waals surface area contributed by atoms with Crippen LogP contribution in [0.3, 0.4) is 0 Å². The Labute approximate surface area is 116 Å². The van der Waals surface area contributed by atoms with Gasteiger partial charge < -0.3 is 5.32 Å². The molecule has 0 saturated heterocycles. The van der Waals surface area contributed by atoms with Gasteiger partial charge in [0, 0.05) is 12.5 Å². The highest BCUT2D eigenvalue weighted by atomic mass is 19.1. The van der Waals surface area contributed by atoms with Crippen LogP contribution >= 0.6 is 0 Å². The molecule has 0 aliphatic heterocycles. The fourth-order valence-electron chi connectivity index (χ4n) is 2.12. The quantitative estimate of drug-likeness (QED) is 0.910. The van der Waals surface area contributed by atoms with Crippen LogP contribution in [0.1, 0.15) is 30.0 Å². The van der Waals surface area contributed by atoms with Gasteiger partial charge >= 0.3 is 0 Å². The molecule has 0 amide bonds. The Kier molecular flexibility index (Phi) is 3.58. The highest BCUT2D eigenvalue weighted by Gasteiger charge is 2.29. The van der Waals surface area contributed by atoms with Gasteiger partial charge in [0.05, 0.1) is 5.69 Å². The third-order valence-electron chi connectivity index (χ3n) is 3.40. The van der Waals surface area contributed by atoms with Crippen molar-refractivity contribution >= 4 is 5.82 Å². The average molecular weight is 275 g/mol. The zero-order valence-corrected chi connectivity index (χ0v) is 10.9. The van der Waals surface area contributed by atoms with Crippen molar-refractivity contribution in [2.24, 2.45) is 0 Å². The minimum absolute atomic E-state index is 0.252. The van der Waals surface area contributed by atoms with E-state index in [9.17, 15) is 8.78 Å². The van der Waals surface area contributed by atoms with Crippen molar-refractivity contribution in [3.63, 3.8) is 0 Å². The molecule has 3 nitrogen and oxygen atoms in total. The zero-order chi connectivity index (χ0) is 13.9. The van der Waals surface area contributed by atoms with Gasteiger partial charge in [-0.1, -0.05) is 12.1 Å². The Morgan fingerprint density at radius 3 is 2.55 bits per heavy atom. The SMILES string of the molecule is Fc1ccc(CCNc2ncnc(C3CC3)c2F)cc1. The van der Waals surface area contributed by atoms with Gasteiger partial charge in [-0.15, -0.1) is 0 Å². The first-order valence-corrected chi connectivity index (χ1v) is 6.73. The monoisotopic (exact) mass is 275 g/mol. The maximum atomic E-state index is 14.1. The fraction of sp³-hybridized carbons (Fsp3) is 0.333. The highest BCUT2D eigenvalue weighted by molar-refractivity contribution is 5.39. The molecule has 1 aliphatic carbocycles. The van der Waals surface area contributed by atoms with E-state index in [1.54, 1.807) is 12.1 Å². The van der Waals surface area contributed by atoms with E-state index in [-0.39, 0.29) is 23.4 Å². The minimum atomic E-state index is -0.339. The van der Waals surface area contributed by atoms with Crippen LogP contribution < -0.4 is 5.32 Å². The molecule has 0 bridgehead atoms. The van der Waals surface area contributed by atoms with E-state index < -0.39 is 0 Å². The summed E-state index contributed by atoms with van der Waals surface area (Å²) in [7, 11) is 0. The molecular formula is C15H15F2N3. The molecule has 3 rings (SSSR count). The van der Waals surface area contributed by atoms with Crippen LogP contribution in [0.15, 0.2) is 30.6 Å². The van der Waals surface area contributed by atoms with Crippen molar-refractivity contribution in [3.05, 3.63) is 53.5 Å². The van der Waals surface area contributed by atoms with Crippen LogP contribution in [0.2, 0.25) is 0 Å². The third kappa shape index (κ3) is 2.92. The van der Waals surface area contributed by atoms with E-state index in [0.29, 0.717) is 18.7 Å². The standard InChI is InChI=1S/C15H15F2N3/c16-12-5-1-10(2-6-12)7-8-18-15-13(17)14(11-3-4-11)19-9-20-15/h1-2,5-6,9,11H,3-4,7-8H2,(H,18,19,20). The van der Waals surface area contributed by atoms with Gasteiger partial charge in [0.2, 0.25) is 0 Å². The van der Waals surface area contributed by atoms with Gasteiger partial charge in [-0.05, 0) is 37.0 Å². The van der Waals surface area contributed by atoms with E-state index in [1.807, 2.05) is 0 Å². The Morgan fingerprint density at radius 2 is 1.85 bits per heavy atom. The van der Waals surface area contributed by atoms with Gasteiger partial charge in [-0.2, -0.15) is 0 Å². The number of halogens is 2. The predicted molar refractivity (Wildman–Crippen MR) is 72.6 cm³/mol. The number of hydrogen-bond acceptors (Lipinski definition) is 3. The summed E-state index contributed by atoms with van der Waals surface area (Å²) >= 11 is 0. The molecule has 104 valence electrons. The second kappa shape index (κ2) is 5.53. The number of anilines is 1. The normalized spacial score (nSPS) is 14.3. The van der Waals surface area contributed by atoms with Crippen molar-refractivity contribution in [3.8, 4) is 0 Å². The summed E-state index contributed by atoms with van der Waals surface area (Å²) in [6, 6.07) is 6.30. The topological polar surface area (TPSA) is 37.8 Å². The van der Waals surface area contributed by atoms with Crippen LogP contribution in [-0.2, 0) is 6.42 Å². The third-order valence-corrected chi connectivity index (χ3v) is 3.40. The summed E-state index contributed by atoms with van der Waals surface area (Å²) in [6.45, 7) is 0.545. The van der Waals surface area contributed by atoms with E-state index >= 15 is 0 Å². The molecule has 1 saturated carbocycles. The lowest BCUT2D eigenvalue weighted by Gasteiger charge is -2.08. The predicted octanol–water partition coefficient (Wildman–Crippen LogP) is 3.29. The first-order chi connectivity index (χ1) is 9.74. The molecule has 20 heavy (non-hydrogen) atoms. The van der Waals surface area contributed by atoms with Crippen LogP contribution in [0.5, 0.6) is 0 Å². The van der Waals surface area contributed by atoms with E-state index in [4.69, 9.17) is 0 Å². The molecule has 2 aromatic rings. The van der Waals surface area contributed by atoms with Crippen molar-refractivity contribution < 1.29 is 8.78 Å². The lowest BCUT2D eigenvalue weighted by atomic mass is 10.1. The van der Waals surface area contributed by atoms with Gasteiger partial charge in [0.15, 0.2) is 11.6 Å². The van der Waals surface area contributed by atoms with Crippen LogP contribution in [0.25, 0.3) is 0 Å².